The lowest BCUT2D eigenvalue weighted by Crippen LogP contribution is -2.13. The summed E-state index contributed by atoms with van der Waals surface area (Å²) >= 11 is 0. The molecule has 1 aromatic heterocycles. The zero-order valence-electron chi connectivity index (χ0n) is 14.7. The first-order chi connectivity index (χ1) is 13.2. The number of hydrogen-bond acceptors (Lipinski definition) is 6. The van der Waals surface area contributed by atoms with Crippen LogP contribution < -0.4 is 20.1 Å². The Morgan fingerprint density at radius 3 is 2.56 bits per heavy atom. The van der Waals surface area contributed by atoms with E-state index in [1.54, 1.807) is 0 Å². The highest BCUT2D eigenvalue weighted by atomic mass is 16.7. The van der Waals surface area contributed by atoms with Gasteiger partial charge in [0.15, 0.2) is 11.5 Å². The first-order valence-corrected chi connectivity index (χ1v) is 8.50. The summed E-state index contributed by atoms with van der Waals surface area (Å²) in [5.74, 6) is 1.68. The van der Waals surface area contributed by atoms with E-state index in [0.29, 0.717) is 18.1 Å². The molecule has 7 nitrogen and oxygen atoms in total. The average Bonchev–Trinajstić information content (AvgIpc) is 3.16. The molecule has 2 N–H and O–H groups in total. The van der Waals surface area contributed by atoms with Gasteiger partial charge in [-0.15, -0.1) is 0 Å². The molecule has 0 spiro atoms. The van der Waals surface area contributed by atoms with E-state index in [1.165, 1.54) is 12.4 Å². The number of fused-ring (bicyclic) bond motifs is 1. The molecule has 1 amide bonds. The zero-order valence-corrected chi connectivity index (χ0v) is 14.7. The quantitative estimate of drug-likeness (QED) is 0.724. The Morgan fingerprint density at radius 2 is 1.78 bits per heavy atom. The van der Waals surface area contributed by atoms with E-state index in [2.05, 4.69) is 20.6 Å². The van der Waals surface area contributed by atoms with E-state index in [4.69, 9.17) is 9.47 Å². The minimum absolute atomic E-state index is 0.249. The van der Waals surface area contributed by atoms with Crippen LogP contribution in [-0.4, -0.2) is 22.7 Å². The molecule has 0 radical (unpaired) electrons. The van der Waals surface area contributed by atoms with Gasteiger partial charge in [-0.1, -0.05) is 23.8 Å². The second kappa shape index (κ2) is 7.33. The Morgan fingerprint density at radius 1 is 1.04 bits per heavy atom. The molecule has 2 heterocycles. The van der Waals surface area contributed by atoms with Gasteiger partial charge in [0.25, 0.3) is 5.91 Å². The van der Waals surface area contributed by atoms with Crippen LogP contribution in [0.5, 0.6) is 11.5 Å². The number of ether oxygens (including phenoxy) is 2. The van der Waals surface area contributed by atoms with Crippen molar-refractivity contribution >= 4 is 17.5 Å². The summed E-state index contributed by atoms with van der Waals surface area (Å²) in [6.07, 6.45) is 3.00. The second-order valence-electron chi connectivity index (χ2n) is 6.16. The lowest BCUT2D eigenvalue weighted by atomic mass is 10.2. The number of nitrogens with zero attached hydrogens (tertiary/aromatic N) is 2. The maximum atomic E-state index is 12.3. The van der Waals surface area contributed by atoms with Crippen LogP contribution in [-0.2, 0) is 6.54 Å². The van der Waals surface area contributed by atoms with Gasteiger partial charge in [-0.2, -0.15) is 0 Å². The van der Waals surface area contributed by atoms with Gasteiger partial charge in [0.2, 0.25) is 12.7 Å². The number of aromatic nitrogens is 2. The molecule has 3 aromatic rings. The van der Waals surface area contributed by atoms with Gasteiger partial charge in [-0.25, -0.2) is 9.97 Å². The molecule has 1 aliphatic rings. The van der Waals surface area contributed by atoms with Crippen molar-refractivity contribution in [1.29, 1.82) is 0 Å². The Bertz CT molecular complexity index is 956. The molecule has 2 aromatic carbocycles. The van der Waals surface area contributed by atoms with E-state index >= 15 is 0 Å². The molecule has 1 aliphatic heterocycles. The molecule has 27 heavy (non-hydrogen) atoms. The first-order valence-electron chi connectivity index (χ1n) is 8.50. The van der Waals surface area contributed by atoms with Gasteiger partial charge >= 0.3 is 0 Å². The molecule has 0 saturated heterocycles. The molecule has 136 valence electrons. The maximum absolute atomic E-state index is 12.3. The number of nitrogens with one attached hydrogen (secondary N) is 2. The standard InChI is InChI=1S/C20H18N4O3/c1-13-2-5-16(6-3-13)24-19(25)15-10-22-20(23-11-15)21-9-14-4-7-17-18(8-14)27-12-26-17/h2-8,10-11H,9,12H2,1H3,(H,24,25)(H,21,22,23). The summed E-state index contributed by atoms with van der Waals surface area (Å²) < 4.78 is 10.7. The third-order valence-electron chi connectivity index (χ3n) is 4.11. The van der Waals surface area contributed by atoms with Gasteiger partial charge in [-0.05, 0) is 36.8 Å². The number of carbonyl (C=O) groups is 1. The first kappa shape index (κ1) is 16.8. The monoisotopic (exact) mass is 362 g/mol. The maximum Gasteiger partial charge on any atom is 0.258 e. The second-order valence-corrected chi connectivity index (χ2v) is 6.16. The molecule has 0 saturated carbocycles. The van der Waals surface area contributed by atoms with Crippen molar-refractivity contribution in [3.8, 4) is 11.5 Å². The van der Waals surface area contributed by atoms with Crippen molar-refractivity contribution in [2.24, 2.45) is 0 Å². The lowest BCUT2D eigenvalue weighted by molar-refractivity contribution is 0.102. The SMILES string of the molecule is Cc1ccc(NC(=O)c2cnc(NCc3ccc4c(c3)OCO4)nc2)cc1. The lowest BCUT2D eigenvalue weighted by Gasteiger charge is -2.07. The van der Waals surface area contributed by atoms with E-state index in [9.17, 15) is 4.79 Å². The van der Waals surface area contributed by atoms with Crippen LogP contribution in [0.4, 0.5) is 11.6 Å². The van der Waals surface area contributed by atoms with Crippen molar-refractivity contribution in [3.05, 3.63) is 71.5 Å². The highest BCUT2D eigenvalue weighted by molar-refractivity contribution is 6.03. The van der Waals surface area contributed by atoms with Gasteiger partial charge < -0.3 is 20.1 Å². The van der Waals surface area contributed by atoms with Crippen LogP contribution in [0.1, 0.15) is 21.5 Å². The summed E-state index contributed by atoms with van der Waals surface area (Å²) in [6.45, 7) is 2.78. The van der Waals surface area contributed by atoms with E-state index in [-0.39, 0.29) is 12.7 Å². The van der Waals surface area contributed by atoms with Crippen LogP contribution in [0.25, 0.3) is 0 Å². The number of anilines is 2. The molecule has 0 atom stereocenters. The Kier molecular flexibility index (Phi) is 4.57. The molecule has 0 bridgehead atoms. The molecule has 0 fully saturated rings. The van der Waals surface area contributed by atoms with Gasteiger partial charge in [0.1, 0.15) is 0 Å². The van der Waals surface area contributed by atoms with Crippen molar-refractivity contribution in [1.82, 2.24) is 9.97 Å². The molecule has 4 rings (SSSR count). The van der Waals surface area contributed by atoms with Crippen molar-refractivity contribution in [2.75, 3.05) is 17.4 Å². The molecule has 0 aliphatic carbocycles. The molecule has 7 heteroatoms. The summed E-state index contributed by atoms with van der Waals surface area (Å²) in [5.41, 5.74) is 3.28. The molecule has 0 unspecified atom stereocenters. The van der Waals surface area contributed by atoms with E-state index in [1.807, 2.05) is 49.4 Å². The van der Waals surface area contributed by atoms with Crippen LogP contribution in [0.2, 0.25) is 0 Å². The summed E-state index contributed by atoms with van der Waals surface area (Å²) in [5, 5.41) is 5.95. The fourth-order valence-electron chi connectivity index (χ4n) is 2.61. The van der Waals surface area contributed by atoms with Gasteiger partial charge in [-0.3, -0.25) is 4.79 Å². The van der Waals surface area contributed by atoms with Gasteiger partial charge in [0, 0.05) is 24.6 Å². The third-order valence-corrected chi connectivity index (χ3v) is 4.11. The van der Waals surface area contributed by atoms with Crippen LogP contribution in [0, 0.1) is 6.92 Å². The highest BCUT2D eigenvalue weighted by Gasteiger charge is 2.13. The average molecular weight is 362 g/mol. The number of benzene rings is 2. The Labute approximate surface area is 156 Å². The fourth-order valence-corrected chi connectivity index (χ4v) is 2.61. The minimum Gasteiger partial charge on any atom is -0.454 e. The largest absolute Gasteiger partial charge is 0.454 e. The molecular formula is C20H18N4O3. The summed E-state index contributed by atoms with van der Waals surface area (Å²) in [7, 11) is 0. The Hall–Kier alpha value is -3.61. The van der Waals surface area contributed by atoms with Crippen LogP contribution >= 0.6 is 0 Å². The predicted molar refractivity (Wildman–Crippen MR) is 101 cm³/mol. The number of amides is 1. The smallest absolute Gasteiger partial charge is 0.258 e. The van der Waals surface area contributed by atoms with Crippen LogP contribution in [0.15, 0.2) is 54.9 Å². The number of hydrogen-bond donors (Lipinski definition) is 2. The van der Waals surface area contributed by atoms with Crippen molar-refractivity contribution in [2.45, 2.75) is 13.5 Å². The number of aryl methyl sites for hydroxylation is 1. The van der Waals surface area contributed by atoms with E-state index in [0.717, 1.165) is 28.3 Å². The van der Waals surface area contributed by atoms with Crippen LogP contribution in [0.3, 0.4) is 0 Å². The third kappa shape index (κ3) is 3.98. The Balaban J connectivity index is 1.35. The number of carbonyl (C=O) groups excluding carboxylic acids is 1. The van der Waals surface area contributed by atoms with E-state index < -0.39 is 0 Å². The van der Waals surface area contributed by atoms with Crippen molar-refractivity contribution in [3.63, 3.8) is 0 Å². The normalized spacial score (nSPS) is 11.9. The minimum atomic E-state index is -0.249. The molecular weight excluding hydrogens is 344 g/mol. The predicted octanol–water partition coefficient (Wildman–Crippen LogP) is 3.38. The zero-order chi connectivity index (χ0) is 18.6. The van der Waals surface area contributed by atoms with Crippen molar-refractivity contribution < 1.29 is 14.3 Å². The fraction of sp³-hybridized carbons (Fsp3) is 0.150. The summed E-state index contributed by atoms with van der Waals surface area (Å²) in [6, 6.07) is 13.3. The van der Waals surface area contributed by atoms with Gasteiger partial charge in [0.05, 0.1) is 5.56 Å². The highest BCUT2D eigenvalue weighted by Crippen LogP contribution is 2.32. The number of rotatable bonds is 5. The topological polar surface area (TPSA) is 85.4 Å². The summed E-state index contributed by atoms with van der Waals surface area (Å²) in [4.78, 5) is 20.7.